The predicted molar refractivity (Wildman–Crippen MR) is 68.5 cm³/mol. The molecule has 1 aromatic carbocycles. The standard InChI is InChI=1S/C14H11N3O2/c18-14(19-10-11-4-2-1-3-5-11)12-6-7-13-15-8-9-17(13)16-12/h1-9H,10H2. The zero-order chi connectivity index (χ0) is 13.1. The third kappa shape index (κ3) is 2.44. The van der Waals surface area contributed by atoms with Crippen molar-refractivity contribution in [3.63, 3.8) is 0 Å². The van der Waals surface area contributed by atoms with Crippen molar-refractivity contribution in [1.82, 2.24) is 14.6 Å². The van der Waals surface area contributed by atoms with E-state index in [0.29, 0.717) is 5.65 Å². The summed E-state index contributed by atoms with van der Waals surface area (Å²) in [4.78, 5) is 15.9. The fourth-order valence-electron chi connectivity index (χ4n) is 1.72. The number of nitrogens with zero attached hydrogens (tertiary/aromatic N) is 3. The fourth-order valence-corrected chi connectivity index (χ4v) is 1.72. The third-order valence-corrected chi connectivity index (χ3v) is 2.68. The van der Waals surface area contributed by atoms with Crippen molar-refractivity contribution in [1.29, 1.82) is 0 Å². The molecule has 0 radical (unpaired) electrons. The highest BCUT2D eigenvalue weighted by Gasteiger charge is 2.10. The minimum Gasteiger partial charge on any atom is -0.456 e. The molecule has 0 saturated carbocycles. The molecule has 0 atom stereocenters. The zero-order valence-corrected chi connectivity index (χ0v) is 10.1. The van der Waals surface area contributed by atoms with Crippen molar-refractivity contribution < 1.29 is 9.53 Å². The maximum atomic E-state index is 11.9. The molecule has 0 spiro atoms. The summed E-state index contributed by atoms with van der Waals surface area (Å²) in [5, 5.41) is 4.13. The number of carbonyl (C=O) groups excluding carboxylic acids is 1. The zero-order valence-electron chi connectivity index (χ0n) is 10.1. The van der Waals surface area contributed by atoms with Crippen LogP contribution in [0.4, 0.5) is 0 Å². The number of benzene rings is 1. The van der Waals surface area contributed by atoms with Gasteiger partial charge in [-0.25, -0.2) is 14.3 Å². The lowest BCUT2D eigenvalue weighted by Gasteiger charge is -2.04. The second-order valence-corrected chi connectivity index (χ2v) is 4.01. The highest BCUT2D eigenvalue weighted by molar-refractivity contribution is 5.87. The van der Waals surface area contributed by atoms with Crippen LogP contribution in [0.15, 0.2) is 54.9 Å². The molecule has 0 aliphatic rings. The van der Waals surface area contributed by atoms with Gasteiger partial charge in [-0.1, -0.05) is 30.3 Å². The molecule has 19 heavy (non-hydrogen) atoms. The molecular formula is C14H11N3O2. The van der Waals surface area contributed by atoms with Gasteiger partial charge < -0.3 is 4.74 Å². The summed E-state index contributed by atoms with van der Waals surface area (Å²) in [6, 6.07) is 12.9. The molecule has 2 heterocycles. The highest BCUT2D eigenvalue weighted by Crippen LogP contribution is 2.05. The molecule has 0 aliphatic heterocycles. The Morgan fingerprint density at radius 2 is 2.00 bits per heavy atom. The molecule has 0 saturated heterocycles. The van der Waals surface area contributed by atoms with E-state index in [4.69, 9.17) is 4.74 Å². The summed E-state index contributed by atoms with van der Waals surface area (Å²) in [7, 11) is 0. The van der Waals surface area contributed by atoms with Gasteiger partial charge in [0.05, 0.1) is 0 Å². The quantitative estimate of drug-likeness (QED) is 0.671. The summed E-state index contributed by atoms with van der Waals surface area (Å²) < 4.78 is 6.75. The van der Waals surface area contributed by atoms with Crippen LogP contribution >= 0.6 is 0 Å². The number of hydrogen-bond donors (Lipinski definition) is 0. The first kappa shape index (κ1) is 11.4. The molecule has 3 rings (SSSR count). The van der Waals surface area contributed by atoms with Crippen LogP contribution in [0, 0.1) is 0 Å². The average Bonchev–Trinajstić information content (AvgIpc) is 2.93. The Labute approximate surface area is 109 Å². The molecule has 0 bridgehead atoms. The van der Waals surface area contributed by atoms with E-state index in [9.17, 15) is 4.79 Å². The Morgan fingerprint density at radius 1 is 1.16 bits per heavy atom. The van der Waals surface area contributed by atoms with Crippen molar-refractivity contribution in [2.75, 3.05) is 0 Å². The lowest BCUT2D eigenvalue weighted by molar-refractivity contribution is 0.0464. The van der Waals surface area contributed by atoms with Crippen LogP contribution in [0.5, 0.6) is 0 Å². The van der Waals surface area contributed by atoms with E-state index in [1.165, 1.54) is 0 Å². The van der Waals surface area contributed by atoms with E-state index in [1.54, 1.807) is 29.0 Å². The minimum atomic E-state index is -0.445. The molecule has 3 aromatic rings. The van der Waals surface area contributed by atoms with Gasteiger partial charge in [-0.3, -0.25) is 0 Å². The van der Waals surface area contributed by atoms with Crippen molar-refractivity contribution in [3.8, 4) is 0 Å². The molecule has 0 amide bonds. The van der Waals surface area contributed by atoms with E-state index >= 15 is 0 Å². The van der Waals surface area contributed by atoms with E-state index in [1.807, 2.05) is 30.3 Å². The average molecular weight is 253 g/mol. The Morgan fingerprint density at radius 3 is 2.84 bits per heavy atom. The number of rotatable bonds is 3. The molecule has 0 aliphatic carbocycles. The molecular weight excluding hydrogens is 242 g/mol. The Kier molecular flexibility index (Phi) is 2.94. The van der Waals surface area contributed by atoms with Crippen LogP contribution in [0.1, 0.15) is 16.1 Å². The number of esters is 1. The van der Waals surface area contributed by atoms with Gasteiger partial charge >= 0.3 is 5.97 Å². The molecule has 94 valence electrons. The monoisotopic (exact) mass is 253 g/mol. The number of ether oxygens (including phenoxy) is 1. The fraction of sp³-hybridized carbons (Fsp3) is 0.0714. The lowest BCUT2D eigenvalue weighted by atomic mass is 10.2. The SMILES string of the molecule is O=C(OCc1ccccc1)c1ccc2nccn2n1. The first-order valence-corrected chi connectivity index (χ1v) is 5.84. The molecule has 5 heteroatoms. The first-order valence-electron chi connectivity index (χ1n) is 5.84. The molecule has 0 fully saturated rings. The van der Waals surface area contributed by atoms with Gasteiger partial charge in [0.2, 0.25) is 0 Å². The van der Waals surface area contributed by atoms with Crippen LogP contribution in [-0.2, 0) is 11.3 Å². The van der Waals surface area contributed by atoms with Gasteiger partial charge in [0.25, 0.3) is 0 Å². The van der Waals surface area contributed by atoms with E-state index in [2.05, 4.69) is 10.1 Å². The number of aromatic nitrogens is 3. The van der Waals surface area contributed by atoms with Gasteiger partial charge in [-0.15, -0.1) is 0 Å². The summed E-state index contributed by atoms with van der Waals surface area (Å²) in [6.45, 7) is 0.239. The second-order valence-electron chi connectivity index (χ2n) is 4.01. The highest BCUT2D eigenvalue weighted by atomic mass is 16.5. The van der Waals surface area contributed by atoms with Crippen molar-refractivity contribution in [3.05, 3.63) is 66.1 Å². The van der Waals surface area contributed by atoms with Crippen molar-refractivity contribution in [2.45, 2.75) is 6.61 Å². The van der Waals surface area contributed by atoms with E-state index < -0.39 is 5.97 Å². The number of hydrogen-bond acceptors (Lipinski definition) is 4. The number of imidazole rings is 1. The first-order chi connectivity index (χ1) is 9.33. The Bertz CT molecular complexity index is 707. The Balaban J connectivity index is 1.73. The topological polar surface area (TPSA) is 56.5 Å². The predicted octanol–water partition coefficient (Wildman–Crippen LogP) is 2.09. The largest absolute Gasteiger partial charge is 0.456 e. The number of carbonyl (C=O) groups is 1. The van der Waals surface area contributed by atoms with Crippen LogP contribution in [0.3, 0.4) is 0 Å². The Hall–Kier alpha value is -2.69. The van der Waals surface area contributed by atoms with Gasteiger partial charge in [0.1, 0.15) is 6.61 Å². The number of fused-ring (bicyclic) bond motifs is 1. The van der Waals surface area contributed by atoms with Gasteiger partial charge in [-0.05, 0) is 17.7 Å². The smallest absolute Gasteiger partial charge is 0.359 e. The van der Waals surface area contributed by atoms with Crippen molar-refractivity contribution >= 4 is 11.6 Å². The van der Waals surface area contributed by atoms with Crippen LogP contribution in [0.25, 0.3) is 5.65 Å². The summed E-state index contributed by atoms with van der Waals surface area (Å²) in [5.41, 5.74) is 1.90. The van der Waals surface area contributed by atoms with Crippen LogP contribution in [-0.4, -0.2) is 20.6 Å². The molecule has 5 nitrogen and oxygen atoms in total. The second kappa shape index (κ2) is 4.89. The van der Waals surface area contributed by atoms with Crippen LogP contribution in [0.2, 0.25) is 0 Å². The van der Waals surface area contributed by atoms with Gasteiger partial charge in [-0.2, -0.15) is 5.10 Å². The van der Waals surface area contributed by atoms with Crippen molar-refractivity contribution in [2.24, 2.45) is 0 Å². The molecule has 0 N–H and O–H groups in total. The summed E-state index contributed by atoms with van der Waals surface area (Å²) in [6.07, 6.45) is 3.31. The maximum absolute atomic E-state index is 11.9. The lowest BCUT2D eigenvalue weighted by Crippen LogP contribution is -2.09. The van der Waals surface area contributed by atoms with Crippen LogP contribution < -0.4 is 0 Å². The summed E-state index contributed by atoms with van der Waals surface area (Å²) >= 11 is 0. The van der Waals surface area contributed by atoms with E-state index in [0.717, 1.165) is 5.56 Å². The molecule has 2 aromatic heterocycles. The van der Waals surface area contributed by atoms with E-state index in [-0.39, 0.29) is 12.3 Å². The van der Waals surface area contributed by atoms with Gasteiger partial charge in [0.15, 0.2) is 11.3 Å². The molecule has 0 unspecified atom stereocenters. The normalized spacial score (nSPS) is 10.5. The third-order valence-electron chi connectivity index (χ3n) is 2.68. The summed E-state index contributed by atoms with van der Waals surface area (Å²) in [5.74, 6) is -0.445. The maximum Gasteiger partial charge on any atom is 0.359 e. The van der Waals surface area contributed by atoms with Gasteiger partial charge in [0, 0.05) is 12.4 Å². The minimum absolute atomic E-state index is 0.239.